The molecule has 1 fully saturated rings. The van der Waals surface area contributed by atoms with Crippen LogP contribution in [0, 0.1) is 0 Å². The number of hydrogen-bond acceptors (Lipinski definition) is 10. The van der Waals surface area contributed by atoms with Crippen LogP contribution in [0.15, 0.2) is 24.3 Å². The molecular formula is C75H143NO10. The fraction of sp³-hybridized carbons (Fsp3) is 0.920. The SMILES string of the molecule is CCCCCC/C=C/CC/C=C/C(O)C(COC1OC(CO)C(O)C(O)C1O)NC(=O)CCCCCCCCCCCCCCCCCCCCCCCCCCCCCCCCCCCCCCCOC(=O)CCCCCCCCCCCCC. The van der Waals surface area contributed by atoms with Crippen molar-refractivity contribution in [2.24, 2.45) is 0 Å². The number of aliphatic hydroxyl groups is 5. The van der Waals surface area contributed by atoms with Crippen molar-refractivity contribution in [3.05, 3.63) is 24.3 Å². The maximum absolute atomic E-state index is 13.0. The van der Waals surface area contributed by atoms with Crippen molar-refractivity contribution in [1.82, 2.24) is 5.32 Å². The van der Waals surface area contributed by atoms with E-state index in [-0.39, 0.29) is 18.5 Å². The van der Waals surface area contributed by atoms with Gasteiger partial charge in [-0.2, -0.15) is 0 Å². The lowest BCUT2D eigenvalue weighted by Gasteiger charge is -2.40. The molecule has 0 saturated carbocycles. The normalized spacial score (nSPS) is 18.0. The number of amides is 1. The number of carbonyl (C=O) groups excluding carboxylic acids is 2. The molecule has 1 aliphatic rings. The van der Waals surface area contributed by atoms with Gasteiger partial charge in [-0.05, 0) is 44.9 Å². The number of ether oxygens (including phenoxy) is 3. The zero-order valence-electron chi connectivity index (χ0n) is 56.6. The van der Waals surface area contributed by atoms with Crippen LogP contribution in [0.4, 0.5) is 0 Å². The molecule has 11 heteroatoms. The molecule has 1 saturated heterocycles. The van der Waals surface area contributed by atoms with Gasteiger partial charge in [-0.3, -0.25) is 9.59 Å². The number of carbonyl (C=O) groups is 2. The fourth-order valence-corrected chi connectivity index (χ4v) is 12.2. The van der Waals surface area contributed by atoms with Gasteiger partial charge in [0.1, 0.15) is 24.4 Å². The Balaban J connectivity index is 1.87. The van der Waals surface area contributed by atoms with E-state index < -0.39 is 49.5 Å². The average molecular weight is 1220 g/mol. The van der Waals surface area contributed by atoms with Gasteiger partial charge in [0.2, 0.25) is 5.91 Å². The van der Waals surface area contributed by atoms with Crippen molar-refractivity contribution in [2.75, 3.05) is 19.8 Å². The van der Waals surface area contributed by atoms with Crippen LogP contribution in [0.3, 0.4) is 0 Å². The van der Waals surface area contributed by atoms with E-state index in [4.69, 9.17) is 14.2 Å². The minimum absolute atomic E-state index is 0.0173. The van der Waals surface area contributed by atoms with Gasteiger partial charge in [0.25, 0.3) is 0 Å². The summed E-state index contributed by atoms with van der Waals surface area (Å²) in [5.74, 6) is -0.169. The van der Waals surface area contributed by atoms with Gasteiger partial charge in [-0.25, -0.2) is 0 Å². The monoisotopic (exact) mass is 1220 g/mol. The van der Waals surface area contributed by atoms with Gasteiger partial charge < -0.3 is 45.1 Å². The fourth-order valence-electron chi connectivity index (χ4n) is 12.2. The summed E-state index contributed by atoms with van der Waals surface area (Å²) in [5.41, 5.74) is 0. The first-order valence-corrected chi connectivity index (χ1v) is 37.6. The molecule has 0 aliphatic carbocycles. The van der Waals surface area contributed by atoms with Crippen molar-refractivity contribution in [1.29, 1.82) is 0 Å². The van der Waals surface area contributed by atoms with Gasteiger partial charge in [0, 0.05) is 12.8 Å². The highest BCUT2D eigenvalue weighted by molar-refractivity contribution is 5.76. The minimum atomic E-state index is -1.57. The van der Waals surface area contributed by atoms with Crippen LogP contribution in [-0.4, -0.2) is 100 Å². The Labute approximate surface area is 531 Å². The number of unbranched alkanes of at least 4 members (excludes halogenated alkanes) is 51. The molecule has 0 radical (unpaired) electrons. The van der Waals surface area contributed by atoms with Gasteiger partial charge in [0.15, 0.2) is 6.29 Å². The van der Waals surface area contributed by atoms with E-state index in [1.807, 2.05) is 6.08 Å². The second-order valence-electron chi connectivity index (χ2n) is 26.4. The standard InChI is InChI=1S/C75H143NO10/c1-3-5-7-9-11-13-42-47-51-55-59-63-71(80)84-64-60-56-52-48-44-41-39-37-35-33-31-29-27-25-23-21-19-17-15-16-18-20-22-24-26-28-30-32-34-36-38-40-43-46-50-54-58-62-70(79)76-67(66-85-75-74(83)73(82)72(81)69(65-77)86-75)68(78)61-57-53-49-45-14-12-10-8-6-4-2/h14,45,57,61,67-69,72-75,77-78,81-83H,3-13,15-44,46-56,58-60,62-66H2,1-2H3,(H,76,79)/b45-14+,61-57+. The van der Waals surface area contributed by atoms with Crippen molar-refractivity contribution in [3.8, 4) is 0 Å². The first kappa shape index (κ1) is 82.2. The zero-order valence-corrected chi connectivity index (χ0v) is 56.6. The van der Waals surface area contributed by atoms with Crippen LogP contribution in [0.2, 0.25) is 0 Å². The molecule has 508 valence electrons. The van der Waals surface area contributed by atoms with E-state index >= 15 is 0 Å². The molecule has 0 aromatic heterocycles. The van der Waals surface area contributed by atoms with Gasteiger partial charge >= 0.3 is 5.97 Å². The molecule has 1 heterocycles. The van der Waals surface area contributed by atoms with E-state index in [1.54, 1.807) is 6.08 Å². The Morgan fingerprint density at radius 3 is 1.15 bits per heavy atom. The molecule has 7 atom stereocenters. The molecule has 0 aromatic carbocycles. The lowest BCUT2D eigenvalue weighted by Crippen LogP contribution is -2.60. The van der Waals surface area contributed by atoms with Crippen LogP contribution in [0.1, 0.15) is 380 Å². The quantitative estimate of drug-likeness (QED) is 0.0195. The Kier molecular flexibility index (Phi) is 61.8. The number of aliphatic hydroxyl groups excluding tert-OH is 5. The Morgan fingerprint density at radius 1 is 0.419 bits per heavy atom. The highest BCUT2D eigenvalue weighted by Crippen LogP contribution is 2.24. The molecule has 1 aliphatic heterocycles. The van der Waals surface area contributed by atoms with Crippen LogP contribution >= 0.6 is 0 Å². The molecule has 86 heavy (non-hydrogen) atoms. The lowest BCUT2D eigenvalue weighted by molar-refractivity contribution is -0.302. The van der Waals surface area contributed by atoms with Gasteiger partial charge in [0.05, 0.1) is 32.0 Å². The first-order valence-electron chi connectivity index (χ1n) is 37.6. The third kappa shape index (κ3) is 52.9. The molecule has 1 rings (SSSR count). The second-order valence-corrected chi connectivity index (χ2v) is 26.4. The largest absolute Gasteiger partial charge is 0.466 e. The summed E-state index contributed by atoms with van der Waals surface area (Å²) in [5, 5.41) is 54.3. The number of hydrogen-bond donors (Lipinski definition) is 6. The van der Waals surface area contributed by atoms with E-state index in [1.165, 1.54) is 302 Å². The highest BCUT2D eigenvalue weighted by atomic mass is 16.7. The summed E-state index contributed by atoms with van der Waals surface area (Å²) in [4.78, 5) is 25.1. The summed E-state index contributed by atoms with van der Waals surface area (Å²) in [6, 6.07) is -0.821. The molecule has 0 spiro atoms. The molecule has 6 N–H and O–H groups in total. The zero-order chi connectivity index (χ0) is 62.3. The predicted octanol–water partition coefficient (Wildman–Crippen LogP) is 19.6. The summed E-state index contributed by atoms with van der Waals surface area (Å²) < 4.78 is 16.7. The molecular weight excluding hydrogens is 1070 g/mol. The predicted molar refractivity (Wildman–Crippen MR) is 361 cm³/mol. The Bertz CT molecular complexity index is 1480. The number of allylic oxidation sites excluding steroid dienone is 3. The topological polar surface area (TPSA) is 175 Å². The van der Waals surface area contributed by atoms with Crippen LogP contribution in [0.5, 0.6) is 0 Å². The third-order valence-electron chi connectivity index (χ3n) is 18.1. The second kappa shape index (κ2) is 64.7. The molecule has 0 bridgehead atoms. The summed E-state index contributed by atoms with van der Waals surface area (Å²) in [6.07, 6.45) is 72.2. The smallest absolute Gasteiger partial charge is 0.305 e. The summed E-state index contributed by atoms with van der Waals surface area (Å²) >= 11 is 0. The molecule has 0 aromatic rings. The molecule has 11 nitrogen and oxygen atoms in total. The van der Waals surface area contributed by atoms with Crippen LogP contribution in [-0.2, 0) is 23.8 Å². The molecule has 7 unspecified atom stereocenters. The lowest BCUT2D eigenvalue weighted by atomic mass is 9.99. The Morgan fingerprint density at radius 2 is 0.756 bits per heavy atom. The number of rotatable bonds is 67. The van der Waals surface area contributed by atoms with Crippen LogP contribution < -0.4 is 5.32 Å². The number of esters is 1. The van der Waals surface area contributed by atoms with E-state index in [9.17, 15) is 35.1 Å². The summed E-state index contributed by atoms with van der Waals surface area (Å²) in [7, 11) is 0. The van der Waals surface area contributed by atoms with Crippen molar-refractivity contribution in [3.63, 3.8) is 0 Å². The maximum atomic E-state index is 13.0. The first-order chi connectivity index (χ1) is 42.2. The highest BCUT2D eigenvalue weighted by Gasteiger charge is 2.44. The van der Waals surface area contributed by atoms with E-state index in [0.717, 1.165) is 51.4 Å². The van der Waals surface area contributed by atoms with Gasteiger partial charge in [-0.15, -0.1) is 0 Å². The van der Waals surface area contributed by atoms with Gasteiger partial charge in [-0.1, -0.05) is 346 Å². The van der Waals surface area contributed by atoms with Crippen LogP contribution in [0.25, 0.3) is 0 Å². The van der Waals surface area contributed by atoms with Crippen molar-refractivity contribution in [2.45, 2.75) is 423 Å². The van der Waals surface area contributed by atoms with Crippen molar-refractivity contribution >= 4 is 11.9 Å². The number of nitrogens with one attached hydrogen (secondary N) is 1. The Hall–Kier alpha value is -1.86. The maximum Gasteiger partial charge on any atom is 0.305 e. The van der Waals surface area contributed by atoms with Crippen molar-refractivity contribution < 1.29 is 49.3 Å². The summed E-state index contributed by atoms with van der Waals surface area (Å²) in [6.45, 7) is 4.34. The van der Waals surface area contributed by atoms with E-state index in [0.29, 0.717) is 19.4 Å². The minimum Gasteiger partial charge on any atom is -0.466 e. The average Bonchev–Trinajstić information content (AvgIpc) is 3.72. The molecule has 1 amide bonds. The van der Waals surface area contributed by atoms with E-state index in [2.05, 4.69) is 31.3 Å². The third-order valence-corrected chi connectivity index (χ3v) is 18.1.